The van der Waals surface area contributed by atoms with Gasteiger partial charge in [0.1, 0.15) is 0 Å². The van der Waals surface area contributed by atoms with Gasteiger partial charge in [-0.05, 0) is 6.92 Å². The van der Waals surface area contributed by atoms with E-state index < -0.39 is 5.41 Å². The van der Waals surface area contributed by atoms with Crippen LogP contribution < -0.4 is 5.32 Å². The smallest absolute Gasteiger partial charge is 0.225 e. The van der Waals surface area contributed by atoms with Crippen LogP contribution in [0.1, 0.15) is 13.8 Å². The molecule has 0 fully saturated rings. The molecule has 0 aromatic heterocycles. The molecule has 0 bridgehead atoms. The molecule has 0 aliphatic rings. The van der Waals surface area contributed by atoms with E-state index >= 15 is 0 Å². The van der Waals surface area contributed by atoms with Crippen molar-refractivity contribution < 1.29 is 4.79 Å². The molecule has 0 aliphatic heterocycles. The molecule has 1 N–H and O–H groups in total. The van der Waals surface area contributed by atoms with E-state index in [1.54, 1.807) is 20.9 Å². The maximum atomic E-state index is 10.7. The van der Waals surface area contributed by atoms with Gasteiger partial charge in [-0.2, -0.15) is 0 Å². The third kappa shape index (κ3) is 1.96. The lowest BCUT2D eigenvalue weighted by molar-refractivity contribution is -0.126. The molecule has 0 aromatic rings. The second-order valence-corrected chi connectivity index (χ2v) is 2.46. The summed E-state index contributed by atoms with van der Waals surface area (Å²) >= 11 is 0. The minimum atomic E-state index is -0.491. The van der Waals surface area contributed by atoms with Gasteiger partial charge in [-0.25, -0.2) is 0 Å². The van der Waals surface area contributed by atoms with E-state index in [2.05, 4.69) is 12.2 Å². The van der Waals surface area contributed by atoms with E-state index in [0.717, 1.165) is 0 Å². The lowest BCUT2D eigenvalue weighted by Gasteiger charge is -2.14. The second kappa shape index (κ2) is 2.16. The Hall–Kier alpha value is -0.530. The van der Waals surface area contributed by atoms with Crippen molar-refractivity contribution in [1.29, 1.82) is 0 Å². The van der Waals surface area contributed by atoms with Crippen LogP contribution in [0, 0.1) is 12.3 Å². The highest BCUT2D eigenvalue weighted by Crippen LogP contribution is 2.10. The van der Waals surface area contributed by atoms with Crippen molar-refractivity contribution in [2.75, 3.05) is 7.05 Å². The Balaban J connectivity index is 3.82. The van der Waals surface area contributed by atoms with Crippen LogP contribution in [-0.4, -0.2) is 13.0 Å². The van der Waals surface area contributed by atoms with Crippen molar-refractivity contribution in [3.05, 3.63) is 6.92 Å². The van der Waals surface area contributed by atoms with Gasteiger partial charge in [-0.1, -0.05) is 13.8 Å². The zero-order chi connectivity index (χ0) is 6.78. The first-order valence-corrected chi connectivity index (χ1v) is 2.56. The topological polar surface area (TPSA) is 29.1 Å². The van der Waals surface area contributed by atoms with Crippen molar-refractivity contribution in [2.24, 2.45) is 5.41 Å². The highest BCUT2D eigenvalue weighted by Gasteiger charge is 2.18. The maximum absolute atomic E-state index is 10.7. The van der Waals surface area contributed by atoms with Crippen LogP contribution in [0.5, 0.6) is 0 Å². The fourth-order valence-electron chi connectivity index (χ4n) is 0.338. The fraction of sp³-hybridized carbons (Fsp3) is 0.667. The van der Waals surface area contributed by atoms with Crippen molar-refractivity contribution in [3.63, 3.8) is 0 Å². The molecule has 0 saturated carbocycles. The van der Waals surface area contributed by atoms with Gasteiger partial charge in [0.2, 0.25) is 5.91 Å². The summed E-state index contributed by atoms with van der Waals surface area (Å²) in [5.41, 5.74) is -0.491. The minimum Gasteiger partial charge on any atom is -0.359 e. The average molecular weight is 114 g/mol. The molecule has 8 heavy (non-hydrogen) atoms. The maximum Gasteiger partial charge on any atom is 0.225 e. The van der Waals surface area contributed by atoms with Crippen LogP contribution in [0.3, 0.4) is 0 Å². The molecule has 0 aromatic carbocycles. The van der Waals surface area contributed by atoms with Gasteiger partial charge in [0, 0.05) is 12.5 Å². The number of amides is 1. The van der Waals surface area contributed by atoms with Gasteiger partial charge >= 0.3 is 0 Å². The molecule has 0 spiro atoms. The minimum absolute atomic E-state index is 0.0301. The molecule has 0 unspecified atom stereocenters. The number of carbonyl (C=O) groups excluding carboxylic acids is 1. The largest absolute Gasteiger partial charge is 0.359 e. The van der Waals surface area contributed by atoms with Crippen molar-refractivity contribution in [3.8, 4) is 0 Å². The number of nitrogens with one attached hydrogen (secondary N) is 1. The Morgan fingerprint density at radius 1 is 1.62 bits per heavy atom. The van der Waals surface area contributed by atoms with E-state index in [0.29, 0.717) is 0 Å². The zero-order valence-electron chi connectivity index (χ0n) is 5.62. The van der Waals surface area contributed by atoms with Gasteiger partial charge in [0.25, 0.3) is 0 Å². The number of rotatable bonds is 1. The van der Waals surface area contributed by atoms with Crippen molar-refractivity contribution in [2.45, 2.75) is 13.8 Å². The van der Waals surface area contributed by atoms with Crippen LogP contribution in [0.15, 0.2) is 0 Å². The summed E-state index contributed by atoms with van der Waals surface area (Å²) in [5.74, 6) is -0.0301. The van der Waals surface area contributed by atoms with Gasteiger partial charge in [0.05, 0.1) is 0 Å². The summed E-state index contributed by atoms with van der Waals surface area (Å²) in [6.45, 7) is 7.17. The van der Waals surface area contributed by atoms with E-state index in [4.69, 9.17) is 0 Å². The molecule has 0 heterocycles. The summed E-state index contributed by atoms with van der Waals surface area (Å²) in [6.07, 6.45) is 0. The third-order valence-electron chi connectivity index (χ3n) is 0.842. The van der Waals surface area contributed by atoms with Crippen LogP contribution in [0.4, 0.5) is 0 Å². The molecule has 0 rings (SSSR count). The highest BCUT2D eigenvalue weighted by molar-refractivity contribution is 5.82. The van der Waals surface area contributed by atoms with Crippen LogP contribution in [-0.2, 0) is 4.79 Å². The molecule has 1 radical (unpaired) electrons. The first kappa shape index (κ1) is 7.47. The SMILES string of the molecule is [CH2]C(C)(C)C(=O)NC. The number of hydrogen-bond donors (Lipinski definition) is 1. The predicted octanol–water partition coefficient (Wildman–Crippen LogP) is 0.593. The predicted molar refractivity (Wildman–Crippen MR) is 33.2 cm³/mol. The van der Waals surface area contributed by atoms with Crippen LogP contribution >= 0.6 is 0 Å². The van der Waals surface area contributed by atoms with Crippen LogP contribution in [0.25, 0.3) is 0 Å². The van der Waals surface area contributed by atoms with Gasteiger partial charge in [0.15, 0.2) is 0 Å². The fourth-order valence-corrected chi connectivity index (χ4v) is 0.338. The molecule has 0 aliphatic carbocycles. The summed E-state index contributed by atoms with van der Waals surface area (Å²) in [5, 5.41) is 2.50. The van der Waals surface area contributed by atoms with E-state index in [1.165, 1.54) is 0 Å². The van der Waals surface area contributed by atoms with E-state index in [1.807, 2.05) is 0 Å². The standard InChI is InChI=1S/C6H12NO/c1-6(2,3)5(8)7-4/h1H2,2-4H3,(H,7,8). The molecule has 0 saturated heterocycles. The monoisotopic (exact) mass is 114 g/mol. The first-order chi connectivity index (χ1) is 3.48. The normalized spacial score (nSPS) is 11.0. The van der Waals surface area contributed by atoms with Crippen molar-refractivity contribution >= 4 is 5.91 Å². The van der Waals surface area contributed by atoms with Gasteiger partial charge in [-0.15, -0.1) is 0 Å². The molecule has 0 atom stereocenters. The van der Waals surface area contributed by atoms with Crippen molar-refractivity contribution in [1.82, 2.24) is 5.32 Å². The highest BCUT2D eigenvalue weighted by atomic mass is 16.2. The Bertz CT molecular complexity index is 91.2. The summed E-state index contributed by atoms with van der Waals surface area (Å²) in [4.78, 5) is 10.7. The van der Waals surface area contributed by atoms with Crippen LogP contribution in [0.2, 0.25) is 0 Å². The third-order valence-corrected chi connectivity index (χ3v) is 0.842. The Kier molecular flexibility index (Phi) is 2.02. The summed E-state index contributed by atoms with van der Waals surface area (Å²) in [7, 11) is 1.61. The average Bonchev–Trinajstić information content (AvgIpc) is 1.62. The Morgan fingerprint density at radius 2 is 2.00 bits per heavy atom. The first-order valence-electron chi connectivity index (χ1n) is 2.56. The molecular formula is C6H12NO. The summed E-state index contributed by atoms with van der Waals surface area (Å²) < 4.78 is 0. The molecule has 1 amide bonds. The van der Waals surface area contributed by atoms with E-state index in [9.17, 15) is 4.79 Å². The van der Waals surface area contributed by atoms with E-state index in [-0.39, 0.29) is 5.91 Å². The molecule has 2 heteroatoms. The van der Waals surface area contributed by atoms with Gasteiger partial charge < -0.3 is 5.32 Å². The molecule has 2 nitrogen and oxygen atoms in total. The lowest BCUT2D eigenvalue weighted by atomic mass is 9.96. The number of hydrogen-bond acceptors (Lipinski definition) is 1. The Morgan fingerprint density at radius 3 is 2.00 bits per heavy atom. The zero-order valence-corrected chi connectivity index (χ0v) is 5.62. The lowest BCUT2D eigenvalue weighted by Crippen LogP contribution is -2.31. The van der Waals surface area contributed by atoms with Gasteiger partial charge in [-0.3, -0.25) is 4.79 Å². The molecule has 47 valence electrons. The summed E-state index contributed by atoms with van der Waals surface area (Å²) in [6, 6.07) is 0. The number of carbonyl (C=O) groups is 1. The Labute approximate surface area is 50.3 Å². The second-order valence-electron chi connectivity index (χ2n) is 2.46. The quantitative estimate of drug-likeness (QED) is 0.531. The molecular weight excluding hydrogens is 102 g/mol.